The van der Waals surface area contributed by atoms with Crippen molar-refractivity contribution in [2.75, 3.05) is 25.0 Å². The lowest BCUT2D eigenvalue weighted by molar-refractivity contribution is -0.147. The Bertz CT molecular complexity index is 459. The van der Waals surface area contributed by atoms with Gasteiger partial charge >= 0.3 is 6.18 Å². The van der Waals surface area contributed by atoms with Crippen molar-refractivity contribution in [3.8, 4) is 0 Å². The predicted molar refractivity (Wildman–Crippen MR) is 78.3 cm³/mol. The largest absolute Gasteiger partial charge is 0.401 e. The second kappa shape index (κ2) is 6.54. The van der Waals surface area contributed by atoms with Crippen LogP contribution in [0.5, 0.6) is 0 Å². The van der Waals surface area contributed by atoms with Crippen LogP contribution in [-0.4, -0.2) is 36.8 Å². The van der Waals surface area contributed by atoms with Gasteiger partial charge in [-0.3, -0.25) is 4.90 Å². The summed E-state index contributed by atoms with van der Waals surface area (Å²) in [7, 11) is 0. The van der Waals surface area contributed by atoms with Gasteiger partial charge in [0.1, 0.15) is 0 Å². The van der Waals surface area contributed by atoms with Crippen LogP contribution in [0.2, 0.25) is 5.02 Å². The van der Waals surface area contributed by atoms with Gasteiger partial charge in [-0.05, 0) is 31.0 Å². The number of alkyl halides is 3. The predicted octanol–water partition coefficient (Wildman–Crippen LogP) is 4.54. The molecule has 1 saturated heterocycles. The molecule has 0 atom stereocenters. The maximum atomic E-state index is 12.3. The summed E-state index contributed by atoms with van der Waals surface area (Å²) >= 11 is 9.44. The first kappa shape index (κ1) is 15.9. The van der Waals surface area contributed by atoms with Crippen LogP contribution < -0.4 is 5.32 Å². The Hall–Kier alpha value is -0.460. The van der Waals surface area contributed by atoms with E-state index in [1.807, 2.05) is 12.1 Å². The summed E-state index contributed by atoms with van der Waals surface area (Å²) in [6.45, 7) is 0.0788. The van der Waals surface area contributed by atoms with Crippen LogP contribution in [0.3, 0.4) is 0 Å². The summed E-state index contributed by atoms with van der Waals surface area (Å²) in [5, 5.41) is 3.91. The van der Waals surface area contributed by atoms with E-state index < -0.39 is 12.7 Å². The zero-order valence-electron chi connectivity index (χ0n) is 10.7. The van der Waals surface area contributed by atoms with E-state index in [9.17, 15) is 13.2 Å². The molecule has 112 valence electrons. The van der Waals surface area contributed by atoms with Gasteiger partial charge < -0.3 is 5.32 Å². The van der Waals surface area contributed by atoms with E-state index >= 15 is 0 Å². The smallest absolute Gasteiger partial charge is 0.381 e. The minimum atomic E-state index is -4.12. The zero-order valence-corrected chi connectivity index (χ0v) is 13.0. The van der Waals surface area contributed by atoms with E-state index in [2.05, 4.69) is 21.2 Å². The maximum absolute atomic E-state index is 12.3. The van der Waals surface area contributed by atoms with Gasteiger partial charge in [0, 0.05) is 23.6 Å². The Balaban J connectivity index is 1.85. The van der Waals surface area contributed by atoms with Gasteiger partial charge in [-0.15, -0.1) is 0 Å². The molecule has 2 rings (SSSR count). The third-order valence-electron chi connectivity index (χ3n) is 3.28. The Morgan fingerprint density at radius 2 is 1.95 bits per heavy atom. The van der Waals surface area contributed by atoms with E-state index in [1.165, 1.54) is 4.90 Å². The van der Waals surface area contributed by atoms with E-state index in [0.717, 1.165) is 10.2 Å². The molecule has 1 aliphatic rings. The SMILES string of the molecule is FC(F)(F)CN1CCC(Nc2ccc(Br)cc2Cl)CC1. The number of hydrogen-bond acceptors (Lipinski definition) is 2. The van der Waals surface area contributed by atoms with Crippen LogP contribution in [0, 0.1) is 0 Å². The number of likely N-dealkylation sites (tertiary alicyclic amines) is 1. The molecule has 1 heterocycles. The summed E-state index contributed by atoms with van der Waals surface area (Å²) in [5.74, 6) is 0. The number of anilines is 1. The van der Waals surface area contributed by atoms with Crippen LogP contribution in [0.1, 0.15) is 12.8 Å². The average Bonchev–Trinajstić information content (AvgIpc) is 2.33. The Kier molecular flexibility index (Phi) is 5.20. The zero-order chi connectivity index (χ0) is 14.8. The Morgan fingerprint density at radius 3 is 2.50 bits per heavy atom. The lowest BCUT2D eigenvalue weighted by Gasteiger charge is -2.33. The fraction of sp³-hybridized carbons (Fsp3) is 0.538. The van der Waals surface area contributed by atoms with E-state index in [1.54, 1.807) is 6.07 Å². The third kappa shape index (κ3) is 4.82. The highest BCUT2D eigenvalue weighted by Crippen LogP contribution is 2.28. The number of piperidine rings is 1. The Labute approximate surface area is 129 Å². The van der Waals surface area contributed by atoms with Crippen LogP contribution in [0.15, 0.2) is 22.7 Å². The van der Waals surface area contributed by atoms with E-state index in [-0.39, 0.29) is 6.04 Å². The van der Waals surface area contributed by atoms with Gasteiger partial charge in [0.2, 0.25) is 0 Å². The summed E-state index contributed by atoms with van der Waals surface area (Å²) in [6.07, 6.45) is -2.75. The normalized spacial score (nSPS) is 18.2. The second-order valence-electron chi connectivity index (χ2n) is 4.93. The summed E-state index contributed by atoms with van der Waals surface area (Å²) < 4.78 is 37.8. The minimum Gasteiger partial charge on any atom is -0.381 e. The molecule has 1 aromatic rings. The van der Waals surface area contributed by atoms with Gasteiger partial charge in [0.05, 0.1) is 17.3 Å². The number of rotatable bonds is 3. The molecule has 1 fully saturated rings. The highest BCUT2D eigenvalue weighted by Gasteiger charge is 2.32. The molecule has 0 aliphatic carbocycles. The summed E-state index contributed by atoms with van der Waals surface area (Å²) in [5.41, 5.74) is 0.823. The molecule has 2 nitrogen and oxygen atoms in total. The lowest BCUT2D eigenvalue weighted by Crippen LogP contribution is -2.43. The van der Waals surface area contributed by atoms with Crippen LogP contribution >= 0.6 is 27.5 Å². The molecular formula is C13H15BrClF3N2. The molecule has 1 aromatic carbocycles. The highest BCUT2D eigenvalue weighted by molar-refractivity contribution is 9.10. The minimum absolute atomic E-state index is 0.165. The fourth-order valence-electron chi connectivity index (χ4n) is 2.32. The summed E-state index contributed by atoms with van der Waals surface area (Å²) in [4.78, 5) is 1.45. The van der Waals surface area contributed by atoms with E-state index in [4.69, 9.17) is 11.6 Å². The molecule has 0 bridgehead atoms. The third-order valence-corrected chi connectivity index (χ3v) is 4.09. The topological polar surface area (TPSA) is 15.3 Å². The van der Waals surface area contributed by atoms with E-state index in [0.29, 0.717) is 31.0 Å². The first-order valence-corrected chi connectivity index (χ1v) is 7.51. The number of halogens is 5. The van der Waals surface area contributed by atoms with Crippen molar-refractivity contribution in [1.29, 1.82) is 0 Å². The molecular weight excluding hydrogens is 357 g/mol. The maximum Gasteiger partial charge on any atom is 0.401 e. The number of nitrogens with zero attached hydrogens (tertiary/aromatic N) is 1. The average molecular weight is 372 g/mol. The number of benzene rings is 1. The van der Waals surface area contributed by atoms with Gasteiger partial charge in [-0.1, -0.05) is 27.5 Å². The molecule has 1 aliphatic heterocycles. The van der Waals surface area contributed by atoms with Gasteiger partial charge in [0.15, 0.2) is 0 Å². The van der Waals surface area contributed by atoms with Crippen molar-refractivity contribution in [3.05, 3.63) is 27.7 Å². The van der Waals surface area contributed by atoms with Crippen LogP contribution in [0.4, 0.5) is 18.9 Å². The van der Waals surface area contributed by atoms with Crippen LogP contribution in [0.25, 0.3) is 0 Å². The van der Waals surface area contributed by atoms with Gasteiger partial charge in [-0.25, -0.2) is 0 Å². The fourth-order valence-corrected chi connectivity index (χ4v) is 3.04. The molecule has 0 amide bonds. The lowest BCUT2D eigenvalue weighted by atomic mass is 10.0. The molecule has 0 saturated carbocycles. The molecule has 0 radical (unpaired) electrons. The molecule has 0 spiro atoms. The molecule has 0 unspecified atom stereocenters. The first-order chi connectivity index (χ1) is 9.33. The molecule has 1 N–H and O–H groups in total. The van der Waals surface area contributed by atoms with Crippen molar-refractivity contribution in [3.63, 3.8) is 0 Å². The summed E-state index contributed by atoms with van der Waals surface area (Å²) in [6, 6.07) is 5.71. The van der Waals surface area contributed by atoms with Crippen molar-refractivity contribution in [2.24, 2.45) is 0 Å². The molecule has 0 aromatic heterocycles. The second-order valence-corrected chi connectivity index (χ2v) is 6.26. The van der Waals surface area contributed by atoms with Crippen molar-refractivity contribution in [1.82, 2.24) is 4.90 Å². The number of hydrogen-bond donors (Lipinski definition) is 1. The highest BCUT2D eigenvalue weighted by atomic mass is 79.9. The molecule has 20 heavy (non-hydrogen) atoms. The first-order valence-electron chi connectivity index (χ1n) is 6.34. The molecule has 7 heteroatoms. The van der Waals surface area contributed by atoms with Gasteiger partial charge in [-0.2, -0.15) is 13.2 Å². The monoisotopic (exact) mass is 370 g/mol. The van der Waals surface area contributed by atoms with Crippen molar-refractivity contribution in [2.45, 2.75) is 25.1 Å². The van der Waals surface area contributed by atoms with Gasteiger partial charge in [0.25, 0.3) is 0 Å². The Morgan fingerprint density at radius 1 is 1.30 bits per heavy atom. The van der Waals surface area contributed by atoms with Crippen molar-refractivity contribution >= 4 is 33.2 Å². The standard InChI is InChI=1S/C13H15BrClF3N2/c14-9-1-2-12(11(15)7-9)19-10-3-5-20(6-4-10)8-13(16,17)18/h1-2,7,10,19H,3-6,8H2. The quantitative estimate of drug-likeness (QED) is 0.839. The number of nitrogens with one attached hydrogen (secondary N) is 1. The van der Waals surface area contributed by atoms with Crippen LogP contribution in [-0.2, 0) is 0 Å². The van der Waals surface area contributed by atoms with Crippen molar-refractivity contribution < 1.29 is 13.2 Å².